The summed E-state index contributed by atoms with van der Waals surface area (Å²) >= 11 is 0. The Labute approximate surface area is 103 Å². The van der Waals surface area contributed by atoms with Gasteiger partial charge in [-0.2, -0.15) is 0 Å². The molecule has 0 bridgehead atoms. The number of hydroxylamine groups is 2. The van der Waals surface area contributed by atoms with Crippen molar-refractivity contribution in [2.24, 2.45) is 0 Å². The molecular weight excluding hydrogens is 210 g/mol. The molecule has 90 valence electrons. The molecule has 0 N–H and O–H groups in total. The largest absolute Gasteiger partial charge is 0.404 e. The van der Waals surface area contributed by atoms with Crippen molar-refractivity contribution in [2.45, 2.75) is 44.7 Å². The summed E-state index contributed by atoms with van der Waals surface area (Å²) in [7, 11) is 0. The zero-order valence-electron chi connectivity index (χ0n) is 10.7. The van der Waals surface area contributed by atoms with E-state index in [9.17, 15) is 0 Å². The topological polar surface area (TPSA) is 12.5 Å². The maximum absolute atomic E-state index is 6.08. The highest BCUT2D eigenvalue weighted by Gasteiger charge is 2.52. The van der Waals surface area contributed by atoms with Crippen LogP contribution in [0.2, 0.25) is 0 Å². The maximum atomic E-state index is 6.08. The number of fused-ring (bicyclic) bond motifs is 1. The van der Waals surface area contributed by atoms with Crippen molar-refractivity contribution in [3.05, 3.63) is 42.0 Å². The second-order valence-corrected chi connectivity index (χ2v) is 5.93. The first-order valence-electron chi connectivity index (χ1n) is 6.28. The Morgan fingerprint density at radius 3 is 2.41 bits per heavy atom. The summed E-state index contributed by atoms with van der Waals surface area (Å²) in [5, 5.41) is 2.17. The van der Waals surface area contributed by atoms with Gasteiger partial charge in [-0.15, -0.1) is 5.06 Å². The molecule has 0 aromatic heterocycles. The molecule has 0 amide bonds. The number of hydrogen-bond acceptors (Lipinski definition) is 2. The maximum Gasteiger partial charge on any atom is 0.152 e. The number of nitrogens with zero attached hydrogens (tertiary/aromatic N) is 1. The van der Waals surface area contributed by atoms with Gasteiger partial charge in [0, 0.05) is 5.56 Å². The third kappa shape index (κ3) is 1.59. The molecule has 1 saturated heterocycles. The molecule has 2 aliphatic rings. The van der Waals surface area contributed by atoms with E-state index in [2.05, 4.69) is 56.2 Å². The van der Waals surface area contributed by atoms with E-state index in [-0.39, 0.29) is 11.1 Å². The fourth-order valence-electron chi connectivity index (χ4n) is 2.96. The third-order valence-electron chi connectivity index (χ3n) is 3.95. The summed E-state index contributed by atoms with van der Waals surface area (Å²) in [4.78, 5) is 6.08. The molecule has 0 saturated carbocycles. The number of benzene rings is 1. The van der Waals surface area contributed by atoms with E-state index in [0.717, 1.165) is 12.2 Å². The van der Waals surface area contributed by atoms with Gasteiger partial charge in [0.25, 0.3) is 0 Å². The zero-order chi connectivity index (χ0) is 12.1. The van der Waals surface area contributed by atoms with Crippen molar-refractivity contribution in [3.63, 3.8) is 0 Å². The van der Waals surface area contributed by atoms with Crippen LogP contribution in [0.5, 0.6) is 0 Å². The van der Waals surface area contributed by atoms with Gasteiger partial charge in [-0.25, -0.2) is 0 Å². The van der Waals surface area contributed by atoms with Gasteiger partial charge in [0.1, 0.15) is 0 Å². The molecule has 1 atom stereocenters. The van der Waals surface area contributed by atoms with Gasteiger partial charge in [0.2, 0.25) is 0 Å². The Kier molecular flexibility index (Phi) is 2.14. The van der Waals surface area contributed by atoms with E-state index >= 15 is 0 Å². The van der Waals surface area contributed by atoms with Crippen LogP contribution in [0.25, 0.3) is 5.76 Å². The van der Waals surface area contributed by atoms with E-state index in [1.54, 1.807) is 0 Å². The molecule has 2 heteroatoms. The highest BCUT2D eigenvalue weighted by Crippen LogP contribution is 2.48. The fraction of sp³-hybridized carbons (Fsp3) is 0.467. The van der Waals surface area contributed by atoms with Crippen LogP contribution in [-0.4, -0.2) is 16.1 Å². The molecule has 1 unspecified atom stereocenters. The standard InChI is InChI=1S/C15H19NO/c1-14(2)9-10-15(3)11-13(17-16(14)15)12-7-5-4-6-8-12/h4-8,11H,9-10H2,1-3H3. The van der Waals surface area contributed by atoms with Crippen LogP contribution in [-0.2, 0) is 4.84 Å². The smallest absolute Gasteiger partial charge is 0.152 e. The first kappa shape index (κ1) is 10.8. The van der Waals surface area contributed by atoms with Crippen molar-refractivity contribution < 1.29 is 4.84 Å². The van der Waals surface area contributed by atoms with E-state index in [1.165, 1.54) is 12.0 Å². The van der Waals surface area contributed by atoms with Crippen LogP contribution in [0.3, 0.4) is 0 Å². The van der Waals surface area contributed by atoms with Crippen molar-refractivity contribution in [3.8, 4) is 0 Å². The van der Waals surface area contributed by atoms with Crippen LogP contribution >= 0.6 is 0 Å². The van der Waals surface area contributed by atoms with Gasteiger partial charge in [0.05, 0.1) is 11.1 Å². The van der Waals surface area contributed by atoms with Crippen molar-refractivity contribution >= 4 is 5.76 Å². The average Bonchev–Trinajstić information content (AvgIpc) is 2.77. The highest BCUT2D eigenvalue weighted by molar-refractivity contribution is 5.63. The second kappa shape index (κ2) is 3.36. The van der Waals surface area contributed by atoms with Gasteiger partial charge < -0.3 is 4.84 Å². The third-order valence-corrected chi connectivity index (χ3v) is 3.95. The minimum absolute atomic E-state index is 0.0642. The Morgan fingerprint density at radius 2 is 1.76 bits per heavy atom. The monoisotopic (exact) mass is 229 g/mol. The summed E-state index contributed by atoms with van der Waals surface area (Å²) in [5.74, 6) is 1.00. The van der Waals surface area contributed by atoms with Gasteiger partial charge in [-0.1, -0.05) is 30.3 Å². The molecule has 17 heavy (non-hydrogen) atoms. The molecule has 3 rings (SSSR count). The quantitative estimate of drug-likeness (QED) is 0.729. The minimum atomic E-state index is 0.0642. The normalized spacial score (nSPS) is 30.9. The van der Waals surface area contributed by atoms with Gasteiger partial charge in [-0.3, -0.25) is 0 Å². The van der Waals surface area contributed by atoms with E-state index < -0.39 is 0 Å². The highest BCUT2D eigenvalue weighted by atomic mass is 16.7. The summed E-state index contributed by atoms with van der Waals surface area (Å²) < 4.78 is 0. The SMILES string of the molecule is CC1(C)CCC2(C)C=C(c3ccccc3)ON12. The van der Waals surface area contributed by atoms with E-state index in [4.69, 9.17) is 4.84 Å². The van der Waals surface area contributed by atoms with Crippen molar-refractivity contribution in [1.82, 2.24) is 5.06 Å². The number of hydrogen-bond donors (Lipinski definition) is 0. The molecule has 2 heterocycles. The summed E-state index contributed by atoms with van der Waals surface area (Å²) in [6.07, 6.45) is 4.62. The van der Waals surface area contributed by atoms with Crippen LogP contribution < -0.4 is 0 Å². The lowest BCUT2D eigenvalue weighted by Crippen LogP contribution is -2.44. The molecule has 0 aliphatic carbocycles. The predicted molar refractivity (Wildman–Crippen MR) is 69.1 cm³/mol. The molecule has 1 aromatic carbocycles. The Balaban J connectivity index is 1.96. The molecule has 1 aromatic rings. The first-order valence-corrected chi connectivity index (χ1v) is 6.28. The van der Waals surface area contributed by atoms with Crippen LogP contribution in [0.1, 0.15) is 39.2 Å². The van der Waals surface area contributed by atoms with Crippen molar-refractivity contribution in [2.75, 3.05) is 0 Å². The number of rotatable bonds is 1. The predicted octanol–water partition coefficient (Wildman–Crippen LogP) is 3.61. The molecular formula is C15H19NO. The zero-order valence-corrected chi connectivity index (χ0v) is 10.7. The fourth-order valence-corrected chi connectivity index (χ4v) is 2.96. The van der Waals surface area contributed by atoms with Crippen LogP contribution in [0.4, 0.5) is 0 Å². The summed E-state index contributed by atoms with van der Waals surface area (Å²) in [5.41, 5.74) is 1.36. The molecule has 2 nitrogen and oxygen atoms in total. The summed E-state index contributed by atoms with van der Waals surface area (Å²) in [6, 6.07) is 10.3. The Bertz CT molecular complexity index is 463. The lowest BCUT2D eigenvalue weighted by molar-refractivity contribution is -0.160. The molecule has 0 radical (unpaired) electrons. The lowest BCUT2D eigenvalue weighted by atomic mass is 9.97. The van der Waals surface area contributed by atoms with Crippen LogP contribution in [0, 0.1) is 0 Å². The molecule has 2 aliphatic heterocycles. The van der Waals surface area contributed by atoms with E-state index in [0.29, 0.717) is 0 Å². The average molecular weight is 229 g/mol. The van der Waals surface area contributed by atoms with Gasteiger partial charge >= 0.3 is 0 Å². The summed E-state index contributed by atoms with van der Waals surface area (Å²) in [6.45, 7) is 6.76. The van der Waals surface area contributed by atoms with Gasteiger partial charge in [-0.05, 0) is 39.7 Å². The van der Waals surface area contributed by atoms with Gasteiger partial charge in [0.15, 0.2) is 5.76 Å². The van der Waals surface area contributed by atoms with E-state index in [1.807, 2.05) is 6.07 Å². The first-order chi connectivity index (χ1) is 8.01. The Hall–Kier alpha value is -1.28. The molecule has 1 fully saturated rings. The van der Waals surface area contributed by atoms with Crippen LogP contribution in [0.15, 0.2) is 36.4 Å². The molecule has 0 spiro atoms. The second-order valence-electron chi connectivity index (χ2n) is 5.93. The Morgan fingerprint density at radius 1 is 1.06 bits per heavy atom. The minimum Gasteiger partial charge on any atom is -0.404 e. The lowest BCUT2D eigenvalue weighted by Gasteiger charge is -2.34. The van der Waals surface area contributed by atoms with Crippen molar-refractivity contribution in [1.29, 1.82) is 0 Å².